The van der Waals surface area contributed by atoms with Crippen molar-refractivity contribution in [3.63, 3.8) is 0 Å². The van der Waals surface area contributed by atoms with Crippen LogP contribution in [0.2, 0.25) is 5.15 Å². The minimum atomic E-state index is -0.446. The second-order valence-electron chi connectivity index (χ2n) is 5.20. The van der Waals surface area contributed by atoms with Gasteiger partial charge in [0, 0.05) is 12.6 Å². The van der Waals surface area contributed by atoms with Gasteiger partial charge in [-0.1, -0.05) is 11.6 Å². The molecule has 4 heterocycles. The van der Waals surface area contributed by atoms with Gasteiger partial charge in [0.2, 0.25) is 0 Å². The zero-order chi connectivity index (χ0) is 16.7. The molecular weight excluding hydrogens is 348 g/mol. The zero-order valence-corrected chi connectivity index (χ0v) is 14.1. The number of carbonyl (C=O) groups is 1. The normalized spacial score (nSPS) is 11.2. The summed E-state index contributed by atoms with van der Waals surface area (Å²) in [6, 6.07) is 3.70. The lowest BCUT2D eigenvalue weighted by atomic mass is 10.2. The molecule has 0 aliphatic heterocycles. The Balaban J connectivity index is 1.85. The minimum Gasteiger partial charge on any atom is -0.465 e. The summed E-state index contributed by atoms with van der Waals surface area (Å²) in [5.74, 6) is 0.184. The second kappa shape index (κ2) is 5.85. The van der Waals surface area contributed by atoms with Crippen molar-refractivity contribution in [1.29, 1.82) is 0 Å². The van der Waals surface area contributed by atoms with E-state index in [1.54, 1.807) is 17.4 Å². The lowest BCUT2D eigenvalue weighted by Gasteiger charge is -2.00. The number of methoxy groups -OCH3 is 1. The molecule has 24 heavy (non-hydrogen) atoms. The summed E-state index contributed by atoms with van der Waals surface area (Å²) < 4.78 is 4.71. The molecule has 4 aromatic heterocycles. The van der Waals surface area contributed by atoms with E-state index < -0.39 is 5.97 Å². The molecule has 0 amide bonds. The fourth-order valence-electron chi connectivity index (χ4n) is 2.55. The quantitative estimate of drug-likeness (QED) is 0.447. The van der Waals surface area contributed by atoms with Crippen LogP contribution in [0.4, 0.5) is 0 Å². The summed E-state index contributed by atoms with van der Waals surface area (Å²) in [6.45, 7) is 0. The van der Waals surface area contributed by atoms with Crippen LogP contribution >= 0.6 is 22.9 Å². The topological polar surface area (TPSA) is 80.8 Å². The van der Waals surface area contributed by atoms with E-state index in [4.69, 9.17) is 16.3 Å². The molecule has 0 saturated carbocycles. The highest BCUT2D eigenvalue weighted by Gasteiger charge is 2.16. The Morgan fingerprint density at radius 2 is 2.29 bits per heavy atom. The van der Waals surface area contributed by atoms with Gasteiger partial charge < -0.3 is 9.72 Å². The van der Waals surface area contributed by atoms with E-state index in [1.165, 1.54) is 13.3 Å². The fourth-order valence-corrected chi connectivity index (χ4v) is 3.49. The van der Waals surface area contributed by atoms with Crippen molar-refractivity contribution in [1.82, 2.24) is 19.9 Å². The molecular formula is C16H11ClN4O2S. The zero-order valence-electron chi connectivity index (χ0n) is 12.5. The number of rotatable bonds is 3. The van der Waals surface area contributed by atoms with Crippen molar-refractivity contribution in [3.05, 3.63) is 51.2 Å². The number of aromatic amines is 1. The lowest BCUT2D eigenvalue weighted by Crippen LogP contribution is -2.01. The summed E-state index contributed by atoms with van der Waals surface area (Å²) >= 11 is 7.98. The highest BCUT2D eigenvalue weighted by Crippen LogP contribution is 2.29. The van der Waals surface area contributed by atoms with Crippen molar-refractivity contribution >= 4 is 51.0 Å². The highest BCUT2D eigenvalue weighted by molar-refractivity contribution is 7.07. The van der Waals surface area contributed by atoms with Crippen LogP contribution in [0.1, 0.15) is 21.7 Å². The molecule has 0 aliphatic rings. The maximum Gasteiger partial charge on any atom is 0.339 e. The molecule has 0 spiro atoms. The van der Waals surface area contributed by atoms with Gasteiger partial charge in [0.25, 0.3) is 0 Å². The molecule has 0 radical (unpaired) electrons. The molecule has 0 aromatic carbocycles. The Bertz CT molecular complexity index is 1060. The number of nitrogens with zero attached hydrogens (tertiary/aromatic N) is 3. The van der Waals surface area contributed by atoms with Crippen LogP contribution in [0.15, 0.2) is 29.1 Å². The van der Waals surface area contributed by atoms with E-state index in [0.29, 0.717) is 45.0 Å². The summed E-state index contributed by atoms with van der Waals surface area (Å²) in [5, 5.41) is 5.06. The Morgan fingerprint density at radius 3 is 3.04 bits per heavy atom. The van der Waals surface area contributed by atoms with E-state index in [2.05, 4.69) is 25.3 Å². The molecule has 0 saturated heterocycles. The number of ether oxygens (including phenoxy) is 1. The third-order valence-electron chi connectivity index (χ3n) is 3.65. The van der Waals surface area contributed by atoms with Gasteiger partial charge in [-0.05, 0) is 28.5 Å². The van der Waals surface area contributed by atoms with Gasteiger partial charge in [-0.15, -0.1) is 0 Å². The van der Waals surface area contributed by atoms with Gasteiger partial charge >= 0.3 is 5.97 Å². The van der Waals surface area contributed by atoms with Gasteiger partial charge in [-0.25, -0.2) is 14.8 Å². The van der Waals surface area contributed by atoms with Crippen LogP contribution in [-0.2, 0) is 11.2 Å². The molecule has 4 rings (SSSR count). The predicted molar refractivity (Wildman–Crippen MR) is 92.7 cm³/mol. The number of aromatic nitrogens is 4. The van der Waals surface area contributed by atoms with Crippen LogP contribution in [0, 0.1) is 0 Å². The summed E-state index contributed by atoms with van der Waals surface area (Å²) in [5.41, 5.74) is 3.39. The summed E-state index contributed by atoms with van der Waals surface area (Å²) in [6.07, 6.45) is 2.06. The van der Waals surface area contributed by atoms with Gasteiger partial charge in [-0.3, -0.25) is 4.98 Å². The predicted octanol–water partition coefficient (Wildman–Crippen LogP) is 3.60. The maximum absolute atomic E-state index is 11.6. The molecule has 0 bridgehead atoms. The fraction of sp³-hybridized carbons (Fsp3) is 0.125. The molecule has 0 aliphatic carbocycles. The summed E-state index contributed by atoms with van der Waals surface area (Å²) in [7, 11) is 1.33. The summed E-state index contributed by atoms with van der Waals surface area (Å²) in [4.78, 5) is 28.0. The molecule has 0 atom stereocenters. The third-order valence-corrected chi connectivity index (χ3v) is 4.66. The number of thiophene rings is 1. The molecule has 0 unspecified atom stereocenters. The molecule has 4 aromatic rings. The van der Waals surface area contributed by atoms with E-state index >= 15 is 0 Å². The number of carbonyl (C=O) groups excluding carboxylic acids is 1. The lowest BCUT2D eigenvalue weighted by molar-refractivity contribution is 0.0600. The number of hydrogen-bond acceptors (Lipinski definition) is 6. The Kier molecular flexibility index (Phi) is 3.66. The first-order chi connectivity index (χ1) is 11.7. The number of H-pyrrole nitrogens is 1. The van der Waals surface area contributed by atoms with E-state index in [1.807, 2.05) is 11.4 Å². The van der Waals surface area contributed by atoms with Crippen molar-refractivity contribution in [2.75, 3.05) is 7.11 Å². The largest absolute Gasteiger partial charge is 0.465 e. The van der Waals surface area contributed by atoms with E-state index in [-0.39, 0.29) is 0 Å². The van der Waals surface area contributed by atoms with Gasteiger partial charge in [0.15, 0.2) is 0 Å². The number of hydrogen-bond donors (Lipinski definition) is 1. The van der Waals surface area contributed by atoms with E-state index in [0.717, 1.165) is 5.56 Å². The number of halogens is 1. The number of nitrogens with one attached hydrogen (secondary N) is 1. The Labute approximate surface area is 145 Å². The standard InChI is InChI=1S/C16H11ClN4O2S/c1-23-16(22)9-5-10-13(18-6-9)12-14(17)20-11(21-15(12)19-10)4-8-2-3-24-7-8/h2-3,5-7H,4H2,1H3,(H,19,20,21). The Morgan fingerprint density at radius 1 is 1.42 bits per heavy atom. The van der Waals surface area contributed by atoms with Crippen LogP contribution in [0.25, 0.3) is 22.1 Å². The average molecular weight is 359 g/mol. The number of pyridine rings is 1. The third kappa shape index (κ3) is 2.51. The molecule has 1 N–H and O–H groups in total. The van der Waals surface area contributed by atoms with E-state index in [9.17, 15) is 4.79 Å². The molecule has 8 heteroatoms. The van der Waals surface area contributed by atoms with Gasteiger partial charge in [-0.2, -0.15) is 11.3 Å². The molecule has 6 nitrogen and oxygen atoms in total. The first kappa shape index (κ1) is 15.0. The average Bonchev–Trinajstić information content (AvgIpc) is 3.20. The van der Waals surface area contributed by atoms with Crippen LogP contribution < -0.4 is 0 Å². The van der Waals surface area contributed by atoms with Crippen molar-refractivity contribution in [3.8, 4) is 0 Å². The smallest absolute Gasteiger partial charge is 0.339 e. The van der Waals surface area contributed by atoms with Crippen LogP contribution in [0.5, 0.6) is 0 Å². The van der Waals surface area contributed by atoms with Crippen molar-refractivity contribution in [2.24, 2.45) is 0 Å². The first-order valence-corrected chi connectivity index (χ1v) is 8.41. The first-order valence-electron chi connectivity index (χ1n) is 7.09. The maximum atomic E-state index is 11.6. The van der Waals surface area contributed by atoms with Gasteiger partial charge in [0.1, 0.15) is 22.1 Å². The SMILES string of the molecule is COC(=O)c1cnc2c(c1)[nH]c1nc(Cc3ccsc3)nc(Cl)c12. The monoisotopic (exact) mass is 358 g/mol. The van der Waals surface area contributed by atoms with Crippen molar-refractivity contribution in [2.45, 2.75) is 6.42 Å². The number of esters is 1. The molecule has 0 fully saturated rings. The second-order valence-corrected chi connectivity index (χ2v) is 6.34. The van der Waals surface area contributed by atoms with Crippen LogP contribution in [-0.4, -0.2) is 33.0 Å². The van der Waals surface area contributed by atoms with Crippen LogP contribution in [0.3, 0.4) is 0 Å². The van der Waals surface area contributed by atoms with Gasteiger partial charge in [0.05, 0.1) is 23.6 Å². The minimum absolute atomic E-state index is 0.342. The molecule has 120 valence electrons. The Hall–Kier alpha value is -2.51. The number of fused-ring (bicyclic) bond motifs is 3. The van der Waals surface area contributed by atoms with Crippen molar-refractivity contribution < 1.29 is 9.53 Å². The highest BCUT2D eigenvalue weighted by atomic mass is 35.5.